The third-order valence-corrected chi connectivity index (χ3v) is 6.41. The lowest BCUT2D eigenvalue weighted by atomic mass is 10.0. The van der Waals surface area contributed by atoms with E-state index >= 15 is 0 Å². The van der Waals surface area contributed by atoms with Crippen LogP contribution >= 0.6 is 0 Å². The van der Waals surface area contributed by atoms with Gasteiger partial charge in [0.2, 0.25) is 0 Å². The second kappa shape index (κ2) is 9.38. The lowest BCUT2D eigenvalue weighted by Gasteiger charge is -2.33. The minimum atomic E-state index is -0.310. The van der Waals surface area contributed by atoms with Crippen LogP contribution in [0.2, 0.25) is 0 Å². The van der Waals surface area contributed by atoms with Crippen molar-refractivity contribution < 1.29 is 9.47 Å². The van der Waals surface area contributed by atoms with Crippen molar-refractivity contribution in [3.05, 3.63) is 46.0 Å². The zero-order chi connectivity index (χ0) is 21.9. The van der Waals surface area contributed by atoms with Crippen LogP contribution in [-0.2, 0) is 11.3 Å². The summed E-state index contributed by atoms with van der Waals surface area (Å²) in [7, 11) is 0. The topological polar surface area (TPSA) is 98.2 Å². The molecule has 9 nitrogen and oxygen atoms in total. The number of likely N-dealkylation sites (tertiary alicyclic amines) is 1. The number of hydrogen-bond donors (Lipinski definition) is 1. The van der Waals surface area contributed by atoms with Crippen LogP contribution in [0, 0.1) is 0 Å². The fraction of sp³-hybridized carbons (Fsp3) is 0.565. The molecular weight excluding hydrogens is 408 g/mol. The van der Waals surface area contributed by atoms with Crippen LogP contribution in [0.4, 0.5) is 0 Å². The number of aromatic amines is 1. The molecule has 2 atom stereocenters. The van der Waals surface area contributed by atoms with Gasteiger partial charge in [0.15, 0.2) is 5.82 Å². The average Bonchev–Trinajstić information content (AvgIpc) is 3.49. The van der Waals surface area contributed by atoms with Crippen LogP contribution in [0.15, 0.2) is 29.1 Å². The summed E-state index contributed by atoms with van der Waals surface area (Å²) in [5, 5.41) is 13.6. The monoisotopic (exact) mass is 438 g/mol. The van der Waals surface area contributed by atoms with E-state index in [0.29, 0.717) is 24.5 Å². The molecule has 1 aromatic carbocycles. The van der Waals surface area contributed by atoms with Crippen LogP contribution in [0.3, 0.4) is 0 Å². The van der Waals surface area contributed by atoms with Crippen LogP contribution in [0.1, 0.15) is 56.5 Å². The molecule has 0 spiro atoms. The number of tetrazole rings is 1. The molecule has 0 amide bonds. The number of nitrogens with one attached hydrogen (secondary N) is 1. The molecule has 4 heterocycles. The highest BCUT2D eigenvalue weighted by Gasteiger charge is 2.32. The van der Waals surface area contributed by atoms with E-state index in [0.717, 1.165) is 62.0 Å². The molecule has 5 rings (SSSR count). The molecule has 2 aliphatic heterocycles. The molecule has 0 bridgehead atoms. The molecule has 2 aliphatic rings. The summed E-state index contributed by atoms with van der Waals surface area (Å²) in [5.74, 6) is 1.49. The van der Waals surface area contributed by atoms with Crippen molar-refractivity contribution >= 4 is 10.9 Å². The molecule has 0 unspecified atom stereocenters. The van der Waals surface area contributed by atoms with Gasteiger partial charge in [0.05, 0.1) is 19.3 Å². The van der Waals surface area contributed by atoms with Gasteiger partial charge in [-0.1, -0.05) is 6.42 Å². The van der Waals surface area contributed by atoms with Crippen LogP contribution in [-0.4, -0.2) is 62.5 Å². The summed E-state index contributed by atoms with van der Waals surface area (Å²) in [5.41, 5.74) is 1.35. The first-order valence-electron chi connectivity index (χ1n) is 11.6. The third kappa shape index (κ3) is 4.27. The number of hydrogen-bond acceptors (Lipinski definition) is 7. The molecule has 9 heteroatoms. The number of nitrogens with zero attached hydrogens (tertiary/aromatic N) is 5. The van der Waals surface area contributed by atoms with E-state index in [1.807, 2.05) is 35.9 Å². The van der Waals surface area contributed by atoms with Gasteiger partial charge >= 0.3 is 0 Å². The van der Waals surface area contributed by atoms with Crippen molar-refractivity contribution in [3.63, 3.8) is 0 Å². The maximum Gasteiger partial charge on any atom is 0.253 e. The number of benzene rings is 1. The summed E-state index contributed by atoms with van der Waals surface area (Å²) in [6, 6.07) is 7.41. The van der Waals surface area contributed by atoms with E-state index in [1.165, 1.54) is 6.42 Å². The van der Waals surface area contributed by atoms with E-state index in [1.54, 1.807) is 0 Å². The van der Waals surface area contributed by atoms with Gasteiger partial charge in [-0.25, -0.2) is 4.68 Å². The van der Waals surface area contributed by atoms with Crippen LogP contribution < -0.4 is 10.3 Å². The van der Waals surface area contributed by atoms with Gasteiger partial charge in [-0.2, -0.15) is 0 Å². The van der Waals surface area contributed by atoms with Gasteiger partial charge in [-0.15, -0.1) is 5.10 Å². The first-order valence-corrected chi connectivity index (χ1v) is 11.6. The molecule has 0 saturated carbocycles. The highest BCUT2D eigenvalue weighted by Crippen LogP contribution is 2.30. The lowest BCUT2D eigenvalue weighted by molar-refractivity contribution is 0.0902. The summed E-state index contributed by atoms with van der Waals surface area (Å²) < 4.78 is 13.3. The third-order valence-electron chi connectivity index (χ3n) is 6.41. The van der Waals surface area contributed by atoms with Crippen LogP contribution in [0.5, 0.6) is 5.75 Å². The van der Waals surface area contributed by atoms with Crippen molar-refractivity contribution in [2.24, 2.45) is 0 Å². The zero-order valence-corrected chi connectivity index (χ0v) is 18.5. The normalized spacial score (nSPS) is 20.6. The lowest BCUT2D eigenvalue weighted by Crippen LogP contribution is -2.39. The second-order valence-electron chi connectivity index (χ2n) is 8.59. The SMILES string of the molecule is CCOc1ccc2[nH]c(=O)c([C@@H](c3nnnn3C[C@H]3CCCO3)N3CCCCC3)cc2c1. The summed E-state index contributed by atoms with van der Waals surface area (Å²) in [6.45, 7) is 5.76. The standard InChI is InChI=1S/C23H30N6O3/c1-2-31-17-8-9-20-16(13-17)14-19(23(30)24-20)21(28-10-4-3-5-11-28)22-25-26-27-29(22)15-18-7-6-12-32-18/h8-9,13-14,18,21H,2-7,10-12,15H2,1H3,(H,24,30)/t18-,21+/m1/s1. The maximum absolute atomic E-state index is 13.3. The Labute approximate surface area is 186 Å². The predicted molar refractivity (Wildman–Crippen MR) is 120 cm³/mol. The Kier molecular flexibility index (Phi) is 6.18. The van der Waals surface area contributed by atoms with Gasteiger partial charge < -0.3 is 14.5 Å². The van der Waals surface area contributed by atoms with Crippen molar-refractivity contribution in [2.75, 3.05) is 26.3 Å². The Hall–Kier alpha value is -2.78. The minimum absolute atomic E-state index is 0.108. The summed E-state index contributed by atoms with van der Waals surface area (Å²) in [6.07, 6.45) is 5.58. The number of piperidine rings is 1. The second-order valence-corrected chi connectivity index (χ2v) is 8.59. The fourth-order valence-electron chi connectivity index (χ4n) is 4.86. The number of ether oxygens (including phenoxy) is 2. The Morgan fingerprint density at radius 1 is 1.22 bits per heavy atom. The minimum Gasteiger partial charge on any atom is -0.494 e. The van der Waals surface area contributed by atoms with Gasteiger partial charge in [0.1, 0.15) is 11.8 Å². The Balaban J connectivity index is 1.58. The highest BCUT2D eigenvalue weighted by molar-refractivity contribution is 5.80. The fourth-order valence-corrected chi connectivity index (χ4v) is 4.86. The number of H-pyrrole nitrogens is 1. The van der Waals surface area contributed by atoms with Gasteiger partial charge in [0.25, 0.3) is 5.56 Å². The van der Waals surface area contributed by atoms with Gasteiger partial charge in [-0.05, 0) is 80.4 Å². The zero-order valence-electron chi connectivity index (χ0n) is 18.5. The molecule has 0 aliphatic carbocycles. The maximum atomic E-state index is 13.3. The van der Waals surface area contributed by atoms with Gasteiger partial charge in [0, 0.05) is 23.1 Å². The predicted octanol–water partition coefficient (Wildman–Crippen LogP) is 2.67. The Bertz CT molecular complexity index is 1110. The number of pyridine rings is 1. The molecule has 2 saturated heterocycles. The van der Waals surface area contributed by atoms with Crippen molar-refractivity contribution in [2.45, 2.75) is 57.7 Å². The number of fused-ring (bicyclic) bond motifs is 1. The Morgan fingerprint density at radius 3 is 2.88 bits per heavy atom. The van der Waals surface area contributed by atoms with Crippen LogP contribution in [0.25, 0.3) is 10.9 Å². The van der Waals surface area contributed by atoms with E-state index in [2.05, 4.69) is 25.4 Å². The van der Waals surface area contributed by atoms with Gasteiger partial charge in [-0.3, -0.25) is 9.69 Å². The molecular formula is C23H30N6O3. The summed E-state index contributed by atoms with van der Waals surface area (Å²) in [4.78, 5) is 18.7. The molecule has 2 fully saturated rings. The van der Waals surface area contributed by atoms with Crippen molar-refractivity contribution in [1.29, 1.82) is 0 Å². The van der Waals surface area contributed by atoms with Crippen molar-refractivity contribution in [1.82, 2.24) is 30.1 Å². The highest BCUT2D eigenvalue weighted by atomic mass is 16.5. The smallest absolute Gasteiger partial charge is 0.253 e. The molecule has 1 N–H and O–H groups in total. The number of rotatable bonds is 7. The first kappa shape index (κ1) is 21.1. The Morgan fingerprint density at radius 2 is 2.09 bits per heavy atom. The molecule has 3 aromatic rings. The average molecular weight is 439 g/mol. The summed E-state index contributed by atoms with van der Waals surface area (Å²) >= 11 is 0. The number of aromatic nitrogens is 5. The van der Waals surface area contributed by atoms with E-state index in [-0.39, 0.29) is 17.7 Å². The quantitative estimate of drug-likeness (QED) is 0.606. The largest absolute Gasteiger partial charge is 0.494 e. The molecule has 2 aromatic heterocycles. The molecule has 32 heavy (non-hydrogen) atoms. The molecule has 170 valence electrons. The van der Waals surface area contributed by atoms with Crippen molar-refractivity contribution in [3.8, 4) is 5.75 Å². The van der Waals surface area contributed by atoms with E-state index in [4.69, 9.17) is 9.47 Å². The molecule has 0 radical (unpaired) electrons. The van der Waals surface area contributed by atoms with E-state index < -0.39 is 0 Å². The first-order chi connectivity index (χ1) is 15.7. The van der Waals surface area contributed by atoms with E-state index in [9.17, 15) is 4.79 Å².